The van der Waals surface area contributed by atoms with Gasteiger partial charge in [0, 0.05) is 35.1 Å². The zero-order valence-electron chi connectivity index (χ0n) is 16.3. The van der Waals surface area contributed by atoms with E-state index in [0.717, 1.165) is 38.5 Å². The summed E-state index contributed by atoms with van der Waals surface area (Å²) in [5.74, 6) is 1.20. The van der Waals surface area contributed by atoms with Gasteiger partial charge in [-0.1, -0.05) is 47.6 Å². The second-order valence-corrected chi connectivity index (χ2v) is 7.95. The summed E-state index contributed by atoms with van der Waals surface area (Å²) in [5, 5.41) is 9.72. The highest BCUT2D eigenvalue weighted by Gasteiger charge is 2.18. The van der Waals surface area contributed by atoms with Gasteiger partial charge >= 0.3 is 0 Å². The summed E-state index contributed by atoms with van der Waals surface area (Å²) >= 11 is 7.71. The van der Waals surface area contributed by atoms with Crippen molar-refractivity contribution in [2.45, 2.75) is 39.0 Å². The molecule has 0 bridgehead atoms. The lowest BCUT2D eigenvalue weighted by Gasteiger charge is -2.11. The number of allylic oxidation sites excluding steroid dienone is 1. The normalized spacial score (nSPS) is 11.0. The van der Waals surface area contributed by atoms with Gasteiger partial charge < -0.3 is 9.13 Å². The Morgan fingerprint density at radius 3 is 2.68 bits per heavy atom. The number of Topliss-reactive ketones (excluding diaryl/α,β-unsaturated/α-hetero) is 1. The van der Waals surface area contributed by atoms with Gasteiger partial charge in [0.2, 0.25) is 0 Å². The lowest BCUT2D eigenvalue weighted by atomic mass is 10.2. The number of aryl methyl sites for hydroxylation is 2. The van der Waals surface area contributed by atoms with E-state index >= 15 is 0 Å². The molecule has 2 aromatic heterocycles. The summed E-state index contributed by atoms with van der Waals surface area (Å²) in [6, 6.07) is 9.73. The molecule has 0 aliphatic rings. The van der Waals surface area contributed by atoms with Crippen molar-refractivity contribution in [2.24, 2.45) is 0 Å². The molecule has 0 spiro atoms. The van der Waals surface area contributed by atoms with Gasteiger partial charge in [0.1, 0.15) is 5.82 Å². The number of thioether (sulfide) groups is 1. The quantitative estimate of drug-likeness (QED) is 0.300. The number of nitrogens with zero attached hydrogens (tertiary/aromatic N) is 4. The summed E-state index contributed by atoms with van der Waals surface area (Å²) in [5.41, 5.74) is 3.76. The van der Waals surface area contributed by atoms with Crippen LogP contribution in [0, 0.1) is 20.8 Å². The van der Waals surface area contributed by atoms with Crippen LogP contribution in [-0.4, -0.2) is 30.9 Å². The van der Waals surface area contributed by atoms with Gasteiger partial charge in [0.25, 0.3) is 0 Å². The highest BCUT2D eigenvalue weighted by atomic mass is 35.5. The van der Waals surface area contributed by atoms with Crippen molar-refractivity contribution in [1.29, 1.82) is 0 Å². The van der Waals surface area contributed by atoms with Crippen molar-refractivity contribution < 1.29 is 4.79 Å². The molecule has 0 N–H and O–H groups in total. The Balaban J connectivity index is 1.76. The number of benzene rings is 1. The maximum atomic E-state index is 12.9. The number of halogens is 1. The largest absolute Gasteiger partial charge is 0.344 e. The van der Waals surface area contributed by atoms with Crippen molar-refractivity contribution in [3.05, 3.63) is 76.3 Å². The van der Waals surface area contributed by atoms with E-state index in [-0.39, 0.29) is 5.78 Å². The van der Waals surface area contributed by atoms with Crippen LogP contribution in [0.4, 0.5) is 0 Å². The molecule has 0 aliphatic carbocycles. The Morgan fingerprint density at radius 1 is 1.21 bits per heavy atom. The van der Waals surface area contributed by atoms with Gasteiger partial charge in [-0.3, -0.25) is 4.79 Å². The third-order valence-electron chi connectivity index (χ3n) is 4.71. The number of hydrogen-bond donors (Lipinski definition) is 0. The molecule has 0 saturated carbocycles. The first-order valence-corrected chi connectivity index (χ1v) is 10.4. The van der Waals surface area contributed by atoms with Crippen LogP contribution in [0.5, 0.6) is 0 Å². The fourth-order valence-corrected chi connectivity index (χ4v) is 4.21. The van der Waals surface area contributed by atoms with E-state index in [1.54, 1.807) is 6.08 Å². The van der Waals surface area contributed by atoms with Crippen LogP contribution < -0.4 is 0 Å². The van der Waals surface area contributed by atoms with E-state index in [0.29, 0.717) is 18.8 Å². The predicted molar refractivity (Wildman–Crippen MR) is 114 cm³/mol. The molecule has 2 heterocycles. The molecule has 0 radical (unpaired) electrons. The summed E-state index contributed by atoms with van der Waals surface area (Å²) < 4.78 is 4.08. The highest BCUT2D eigenvalue weighted by molar-refractivity contribution is 7.99. The molecule has 146 valence electrons. The summed E-state index contributed by atoms with van der Waals surface area (Å²) in [7, 11) is 0. The van der Waals surface area contributed by atoms with E-state index in [9.17, 15) is 4.79 Å². The van der Waals surface area contributed by atoms with E-state index in [4.69, 9.17) is 11.6 Å². The second-order valence-electron chi connectivity index (χ2n) is 6.60. The number of aromatic nitrogens is 4. The lowest BCUT2D eigenvalue weighted by Crippen LogP contribution is -2.08. The molecule has 0 unspecified atom stereocenters. The van der Waals surface area contributed by atoms with E-state index < -0.39 is 0 Å². The van der Waals surface area contributed by atoms with Crippen LogP contribution in [0.3, 0.4) is 0 Å². The second kappa shape index (κ2) is 8.80. The molecule has 0 aliphatic heterocycles. The maximum Gasteiger partial charge on any atom is 0.191 e. The molecule has 5 nitrogen and oxygen atoms in total. The van der Waals surface area contributed by atoms with Gasteiger partial charge in [-0.05, 0) is 38.5 Å². The third-order valence-corrected chi connectivity index (χ3v) is 6.04. The molecule has 3 rings (SSSR count). The number of ketones is 1. The first kappa shape index (κ1) is 20.4. The standard InChI is InChI=1S/C21H23ClN4OS/c1-5-10-25-16(4)23-24-21(25)28-13-20(27)18-11-14(2)26(15(18)3)12-17-8-6-7-9-19(17)22/h5-9,11H,1,10,12-13H2,2-4H3. The first-order chi connectivity index (χ1) is 13.4. The molecule has 0 saturated heterocycles. The average molecular weight is 415 g/mol. The van der Waals surface area contributed by atoms with Crippen molar-refractivity contribution in [2.75, 3.05) is 5.75 Å². The summed E-state index contributed by atoms with van der Waals surface area (Å²) in [6.07, 6.45) is 1.80. The Kier molecular flexibility index (Phi) is 6.42. The Hall–Kier alpha value is -2.31. The van der Waals surface area contributed by atoms with Crippen LogP contribution in [0.2, 0.25) is 5.02 Å². The van der Waals surface area contributed by atoms with Crippen LogP contribution in [0.25, 0.3) is 0 Å². The minimum atomic E-state index is 0.0781. The Labute approximate surface area is 174 Å². The van der Waals surface area contributed by atoms with Gasteiger partial charge in [-0.2, -0.15) is 0 Å². The van der Waals surface area contributed by atoms with Crippen molar-refractivity contribution in [1.82, 2.24) is 19.3 Å². The average Bonchev–Trinajstić information content (AvgIpc) is 3.16. The minimum absolute atomic E-state index is 0.0781. The molecular formula is C21H23ClN4OS. The monoisotopic (exact) mass is 414 g/mol. The molecular weight excluding hydrogens is 392 g/mol. The minimum Gasteiger partial charge on any atom is -0.344 e. The fraction of sp³-hybridized carbons (Fsp3) is 0.286. The summed E-state index contributed by atoms with van der Waals surface area (Å²) in [6.45, 7) is 10.9. The molecule has 0 amide bonds. The van der Waals surface area contributed by atoms with Gasteiger partial charge in [-0.15, -0.1) is 16.8 Å². The molecule has 7 heteroatoms. The molecule has 1 aromatic carbocycles. The van der Waals surface area contributed by atoms with Gasteiger partial charge in [-0.25, -0.2) is 0 Å². The smallest absolute Gasteiger partial charge is 0.191 e. The van der Waals surface area contributed by atoms with E-state index in [1.807, 2.05) is 55.7 Å². The Bertz CT molecular complexity index is 1020. The zero-order chi connectivity index (χ0) is 20.3. The number of hydrogen-bond acceptors (Lipinski definition) is 4. The molecule has 0 atom stereocenters. The van der Waals surface area contributed by atoms with Crippen LogP contribution >= 0.6 is 23.4 Å². The molecule has 0 fully saturated rings. The Morgan fingerprint density at radius 2 is 1.96 bits per heavy atom. The lowest BCUT2D eigenvalue weighted by molar-refractivity contribution is 0.102. The molecule has 3 aromatic rings. The number of carbonyl (C=O) groups is 1. The fourth-order valence-electron chi connectivity index (χ4n) is 3.14. The van der Waals surface area contributed by atoms with Gasteiger partial charge in [0.05, 0.1) is 5.75 Å². The first-order valence-electron chi connectivity index (χ1n) is 8.99. The van der Waals surface area contributed by atoms with Crippen molar-refractivity contribution >= 4 is 29.1 Å². The number of carbonyl (C=O) groups excluding carboxylic acids is 1. The SMILES string of the molecule is C=CCn1c(C)nnc1SCC(=O)c1cc(C)n(Cc2ccccc2Cl)c1C. The zero-order valence-corrected chi connectivity index (χ0v) is 17.8. The van der Waals surface area contributed by atoms with Gasteiger partial charge in [0.15, 0.2) is 10.9 Å². The maximum absolute atomic E-state index is 12.9. The topological polar surface area (TPSA) is 52.7 Å². The van der Waals surface area contributed by atoms with E-state index in [1.165, 1.54) is 11.8 Å². The van der Waals surface area contributed by atoms with Crippen LogP contribution in [0.15, 0.2) is 48.1 Å². The third kappa shape index (κ3) is 4.23. The van der Waals surface area contributed by atoms with E-state index in [2.05, 4.69) is 21.3 Å². The predicted octanol–water partition coefficient (Wildman–Crippen LogP) is 4.87. The highest BCUT2D eigenvalue weighted by Crippen LogP contribution is 2.24. The van der Waals surface area contributed by atoms with Crippen LogP contribution in [0.1, 0.15) is 33.1 Å². The van der Waals surface area contributed by atoms with Crippen molar-refractivity contribution in [3.8, 4) is 0 Å². The van der Waals surface area contributed by atoms with Crippen LogP contribution in [-0.2, 0) is 13.1 Å². The van der Waals surface area contributed by atoms with Crippen molar-refractivity contribution in [3.63, 3.8) is 0 Å². The summed E-state index contributed by atoms with van der Waals surface area (Å²) in [4.78, 5) is 12.9. The molecule has 28 heavy (non-hydrogen) atoms. The number of rotatable bonds is 8.